The minimum atomic E-state index is -0.948. The van der Waals surface area contributed by atoms with Crippen LogP contribution in [-0.2, 0) is 29.1 Å². The Morgan fingerprint density at radius 1 is 1.02 bits per heavy atom. The second-order valence-electron chi connectivity index (χ2n) is 12.0. The van der Waals surface area contributed by atoms with Gasteiger partial charge in [0.1, 0.15) is 35.6 Å². The van der Waals surface area contributed by atoms with E-state index in [4.69, 9.17) is 32.7 Å². The number of carbonyl (C=O) groups excluding carboxylic acids is 1. The van der Waals surface area contributed by atoms with Crippen molar-refractivity contribution in [2.45, 2.75) is 64.4 Å². The Labute approximate surface area is 283 Å². The quantitative estimate of drug-likeness (QED) is 0.201. The molecule has 7 nitrogen and oxygen atoms in total. The predicted octanol–water partition coefficient (Wildman–Crippen LogP) is 8.55. The average molecular weight is 678 g/mol. The summed E-state index contributed by atoms with van der Waals surface area (Å²) in [5.41, 5.74) is 4.98. The van der Waals surface area contributed by atoms with Gasteiger partial charge in [0.05, 0.1) is 15.7 Å². The molecule has 0 saturated heterocycles. The van der Waals surface area contributed by atoms with Crippen molar-refractivity contribution in [2.24, 2.45) is 0 Å². The second kappa shape index (κ2) is 13.9. The number of amides is 1. The molecule has 0 saturated carbocycles. The Morgan fingerprint density at radius 2 is 1.81 bits per heavy atom. The van der Waals surface area contributed by atoms with Crippen molar-refractivity contribution in [3.8, 4) is 11.5 Å². The van der Waals surface area contributed by atoms with Crippen LogP contribution in [0.1, 0.15) is 66.7 Å². The lowest BCUT2D eigenvalue weighted by Crippen LogP contribution is -2.45. The Morgan fingerprint density at radius 3 is 2.49 bits per heavy atom. The van der Waals surface area contributed by atoms with Crippen molar-refractivity contribution < 1.29 is 28.6 Å². The van der Waals surface area contributed by atoms with Crippen LogP contribution < -0.4 is 14.4 Å². The summed E-state index contributed by atoms with van der Waals surface area (Å²) in [6, 6.07) is 22.5. The molecule has 2 heterocycles. The fraction of sp³-hybridized carbons (Fsp3) is 0.297. The van der Waals surface area contributed by atoms with Crippen LogP contribution in [0.25, 0.3) is 0 Å². The van der Waals surface area contributed by atoms with Gasteiger partial charge in [0, 0.05) is 33.0 Å². The SMILES string of the molecule is CC[C@@H](Oc1ccc(C2CCN(C(C)=O)c3cc4c(cc3O2)CN(Cc2cccc(F)c2)[C@H](C(=O)O)C4)cc1)c1ccc(Cl)c(Cl)c1. The highest BCUT2D eigenvalue weighted by molar-refractivity contribution is 6.42. The van der Waals surface area contributed by atoms with Crippen molar-refractivity contribution in [3.05, 3.63) is 123 Å². The highest BCUT2D eigenvalue weighted by Gasteiger charge is 2.34. The molecule has 6 rings (SSSR count). The number of carboxylic acids is 1. The van der Waals surface area contributed by atoms with E-state index < -0.39 is 12.0 Å². The summed E-state index contributed by atoms with van der Waals surface area (Å²) in [7, 11) is 0. The van der Waals surface area contributed by atoms with Crippen molar-refractivity contribution in [1.82, 2.24) is 4.90 Å². The third-order valence-electron chi connectivity index (χ3n) is 8.84. The molecule has 4 aromatic carbocycles. The van der Waals surface area contributed by atoms with Crippen LogP contribution in [0.5, 0.6) is 11.5 Å². The van der Waals surface area contributed by atoms with E-state index in [9.17, 15) is 19.1 Å². The van der Waals surface area contributed by atoms with Gasteiger partial charge >= 0.3 is 5.97 Å². The Hall–Kier alpha value is -4.11. The summed E-state index contributed by atoms with van der Waals surface area (Å²) in [5, 5.41) is 11.1. The lowest BCUT2D eigenvalue weighted by molar-refractivity contribution is -0.144. The third kappa shape index (κ3) is 7.25. The van der Waals surface area contributed by atoms with E-state index in [-0.39, 0.29) is 36.9 Å². The van der Waals surface area contributed by atoms with Crippen LogP contribution in [0.3, 0.4) is 0 Å². The van der Waals surface area contributed by atoms with Gasteiger partial charge in [0.15, 0.2) is 0 Å². The number of hydrogen-bond donors (Lipinski definition) is 1. The molecule has 2 aliphatic rings. The monoisotopic (exact) mass is 676 g/mol. The molecule has 10 heteroatoms. The maximum Gasteiger partial charge on any atom is 0.321 e. The van der Waals surface area contributed by atoms with Crippen LogP contribution in [0.15, 0.2) is 78.9 Å². The van der Waals surface area contributed by atoms with Crippen molar-refractivity contribution >= 4 is 40.8 Å². The number of anilines is 1. The first-order chi connectivity index (χ1) is 22.6. The topological polar surface area (TPSA) is 79.3 Å². The van der Waals surface area contributed by atoms with E-state index in [1.54, 1.807) is 23.1 Å². The summed E-state index contributed by atoms with van der Waals surface area (Å²) in [5.74, 6) is -0.169. The third-order valence-corrected chi connectivity index (χ3v) is 9.58. The van der Waals surface area contributed by atoms with Crippen LogP contribution in [0, 0.1) is 5.82 Å². The summed E-state index contributed by atoms with van der Waals surface area (Å²) < 4.78 is 26.8. The molecule has 3 atom stereocenters. The van der Waals surface area contributed by atoms with Crippen LogP contribution in [-0.4, -0.2) is 34.5 Å². The first-order valence-electron chi connectivity index (χ1n) is 15.6. The summed E-state index contributed by atoms with van der Waals surface area (Å²) >= 11 is 12.3. The number of fused-ring (bicyclic) bond motifs is 2. The lowest BCUT2D eigenvalue weighted by atomic mass is 9.92. The Balaban J connectivity index is 1.25. The molecule has 0 bridgehead atoms. The maximum absolute atomic E-state index is 13.9. The molecular formula is C37H35Cl2FN2O5. The predicted molar refractivity (Wildman–Crippen MR) is 180 cm³/mol. The van der Waals surface area contributed by atoms with E-state index in [0.717, 1.165) is 28.7 Å². The molecule has 1 amide bonds. The number of hydrogen-bond acceptors (Lipinski definition) is 5. The van der Waals surface area contributed by atoms with E-state index in [2.05, 4.69) is 0 Å². The Kier molecular flexibility index (Phi) is 9.73. The molecule has 0 aliphatic carbocycles. The van der Waals surface area contributed by atoms with Gasteiger partial charge in [0.2, 0.25) is 5.91 Å². The number of carboxylic acid groups (broad SMARTS) is 1. The Bertz CT molecular complexity index is 1800. The lowest BCUT2D eigenvalue weighted by Gasteiger charge is -2.35. The maximum atomic E-state index is 13.9. The number of rotatable bonds is 8. The molecule has 2 aliphatic heterocycles. The summed E-state index contributed by atoms with van der Waals surface area (Å²) in [6.45, 7) is 4.63. The molecule has 0 fully saturated rings. The van der Waals surface area contributed by atoms with Gasteiger partial charge in [-0.15, -0.1) is 0 Å². The minimum Gasteiger partial charge on any atom is -0.486 e. The van der Waals surface area contributed by atoms with E-state index in [1.807, 2.05) is 60.4 Å². The molecule has 47 heavy (non-hydrogen) atoms. The van der Waals surface area contributed by atoms with Crippen molar-refractivity contribution in [2.75, 3.05) is 11.4 Å². The zero-order valence-electron chi connectivity index (χ0n) is 26.1. The first-order valence-corrected chi connectivity index (χ1v) is 16.4. The number of benzene rings is 4. The number of nitrogens with zero attached hydrogens (tertiary/aromatic N) is 2. The van der Waals surface area contributed by atoms with Crippen molar-refractivity contribution in [3.63, 3.8) is 0 Å². The summed E-state index contributed by atoms with van der Waals surface area (Å²) in [4.78, 5) is 28.7. The molecular weight excluding hydrogens is 642 g/mol. The normalized spacial score (nSPS) is 18.4. The molecule has 0 aromatic heterocycles. The number of ether oxygens (including phenoxy) is 2. The van der Waals surface area contributed by atoms with Crippen LogP contribution >= 0.6 is 23.2 Å². The number of aliphatic carboxylic acids is 1. The van der Waals surface area contributed by atoms with Gasteiger partial charge < -0.3 is 19.5 Å². The van der Waals surface area contributed by atoms with E-state index >= 15 is 0 Å². The molecule has 0 spiro atoms. The highest BCUT2D eigenvalue weighted by Crippen LogP contribution is 2.42. The van der Waals surface area contributed by atoms with E-state index in [1.165, 1.54) is 19.1 Å². The first kappa shape index (κ1) is 32.8. The zero-order valence-corrected chi connectivity index (χ0v) is 27.6. The van der Waals surface area contributed by atoms with Gasteiger partial charge in [-0.05, 0) is 89.2 Å². The zero-order chi connectivity index (χ0) is 33.2. The van der Waals surface area contributed by atoms with Gasteiger partial charge in [-0.2, -0.15) is 0 Å². The second-order valence-corrected chi connectivity index (χ2v) is 12.8. The van der Waals surface area contributed by atoms with Gasteiger partial charge in [0.25, 0.3) is 0 Å². The van der Waals surface area contributed by atoms with Gasteiger partial charge in [-0.1, -0.05) is 60.5 Å². The molecule has 1 N–H and O–H groups in total. The van der Waals surface area contributed by atoms with Crippen LogP contribution in [0.4, 0.5) is 10.1 Å². The molecule has 0 radical (unpaired) electrons. The molecule has 1 unspecified atom stereocenters. The van der Waals surface area contributed by atoms with Crippen molar-refractivity contribution in [1.29, 1.82) is 0 Å². The highest BCUT2D eigenvalue weighted by atomic mass is 35.5. The number of halogens is 3. The van der Waals surface area contributed by atoms with Gasteiger partial charge in [-0.25, -0.2) is 4.39 Å². The fourth-order valence-electron chi connectivity index (χ4n) is 6.41. The molecule has 244 valence electrons. The fourth-order valence-corrected chi connectivity index (χ4v) is 6.71. The standard InChI is InChI=1S/C37H35Cl2FN2O5/c1-3-34(25-9-12-30(38)31(39)16-25)46-29-10-7-24(8-11-29)35-13-14-42(22(2)43)32-17-26-18-33(37(44)45)41(21-27(26)19-36(32)47-35)20-23-5-4-6-28(40)15-23/h4-12,15-17,19,33-35H,3,13-14,18,20-21H2,1-2H3,(H,44,45)/t33-,34+,35?/m0/s1. The summed E-state index contributed by atoms with van der Waals surface area (Å²) in [6.07, 6.45) is 1.02. The average Bonchev–Trinajstić information content (AvgIpc) is 3.23. The van der Waals surface area contributed by atoms with E-state index in [0.29, 0.717) is 52.3 Å². The number of carbonyl (C=O) groups is 2. The molecule has 4 aromatic rings. The van der Waals surface area contributed by atoms with Gasteiger partial charge in [-0.3, -0.25) is 14.5 Å². The largest absolute Gasteiger partial charge is 0.486 e. The smallest absolute Gasteiger partial charge is 0.321 e. The minimum absolute atomic E-state index is 0.120. The van der Waals surface area contributed by atoms with Crippen LogP contribution in [0.2, 0.25) is 10.0 Å².